The zero-order chi connectivity index (χ0) is 17.2. The Morgan fingerprint density at radius 3 is 2.67 bits per heavy atom. The van der Waals surface area contributed by atoms with Crippen LogP contribution >= 0.6 is 11.3 Å². The van der Waals surface area contributed by atoms with Crippen LogP contribution in [0, 0.1) is 6.92 Å². The lowest BCUT2D eigenvalue weighted by Crippen LogP contribution is -2.33. The van der Waals surface area contributed by atoms with E-state index >= 15 is 0 Å². The van der Waals surface area contributed by atoms with E-state index in [-0.39, 0.29) is 6.04 Å². The summed E-state index contributed by atoms with van der Waals surface area (Å²) < 4.78 is 40.6. The molecule has 6 heteroatoms. The van der Waals surface area contributed by atoms with Crippen molar-refractivity contribution in [1.29, 1.82) is 0 Å². The predicted molar refractivity (Wildman–Crippen MR) is 91.4 cm³/mol. The van der Waals surface area contributed by atoms with Crippen LogP contribution in [-0.4, -0.2) is 31.1 Å². The summed E-state index contributed by atoms with van der Waals surface area (Å²) >= 11 is 1.54. The van der Waals surface area contributed by atoms with Gasteiger partial charge in [-0.2, -0.15) is 13.2 Å². The number of benzene rings is 1. The Hall–Kier alpha value is -1.37. The van der Waals surface area contributed by atoms with E-state index in [9.17, 15) is 13.2 Å². The fourth-order valence-corrected chi connectivity index (χ4v) is 4.29. The van der Waals surface area contributed by atoms with Gasteiger partial charge >= 0.3 is 6.18 Å². The maximum atomic E-state index is 13.5. The number of rotatable bonds is 3. The first kappa shape index (κ1) is 17.5. The molecule has 2 heterocycles. The average Bonchev–Trinajstić information content (AvgIpc) is 2.80. The number of hydrogen-bond donors (Lipinski definition) is 1. The van der Waals surface area contributed by atoms with Crippen molar-refractivity contribution >= 4 is 11.3 Å². The van der Waals surface area contributed by atoms with Crippen molar-refractivity contribution < 1.29 is 13.2 Å². The molecule has 130 valence electrons. The van der Waals surface area contributed by atoms with E-state index in [4.69, 9.17) is 0 Å². The third kappa shape index (κ3) is 3.82. The van der Waals surface area contributed by atoms with Gasteiger partial charge in [-0.15, -0.1) is 11.3 Å². The van der Waals surface area contributed by atoms with Crippen molar-refractivity contribution in [1.82, 2.24) is 10.2 Å². The second kappa shape index (κ2) is 7.25. The van der Waals surface area contributed by atoms with Crippen LogP contribution in [0.3, 0.4) is 0 Å². The fraction of sp³-hybridized carbons (Fsp3) is 0.444. The Morgan fingerprint density at radius 2 is 1.96 bits per heavy atom. The van der Waals surface area contributed by atoms with Crippen molar-refractivity contribution in [2.75, 3.05) is 26.2 Å². The number of aryl methyl sites for hydroxylation is 1. The number of alkyl halides is 3. The highest BCUT2D eigenvalue weighted by Gasteiger charge is 2.37. The normalized spacial score (nSPS) is 18.3. The van der Waals surface area contributed by atoms with Gasteiger partial charge in [0.2, 0.25) is 0 Å². The van der Waals surface area contributed by atoms with Crippen molar-refractivity contribution in [3.05, 3.63) is 57.3 Å². The zero-order valence-corrected chi connectivity index (χ0v) is 14.4. The first-order valence-electron chi connectivity index (χ1n) is 8.13. The molecule has 1 aliphatic heterocycles. The summed E-state index contributed by atoms with van der Waals surface area (Å²) in [7, 11) is 0. The quantitative estimate of drug-likeness (QED) is 0.875. The summed E-state index contributed by atoms with van der Waals surface area (Å²) in [4.78, 5) is 3.15. The molecular weight excluding hydrogens is 333 g/mol. The molecule has 1 aliphatic rings. The second-order valence-electron chi connectivity index (χ2n) is 6.15. The van der Waals surface area contributed by atoms with Gasteiger partial charge in [-0.25, -0.2) is 0 Å². The van der Waals surface area contributed by atoms with E-state index in [2.05, 4.69) is 10.2 Å². The molecule has 3 rings (SSSR count). The van der Waals surface area contributed by atoms with Crippen LogP contribution in [-0.2, 0) is 6.18 Å². The molecule has 0 bridgehead atoms. The lowest BCUT2D eigenvalue weighted by Gasteiger charge is -2.32. The molecule has 1 atom stereocenters. The summed E-state index contributed by atoms with van der Waals surface area (Å²) in [5.74, 6) is 0. The molecule has 1 aromatic heterocycles. The molecule has 1 saturated heterocycles. The third-order valence-electron chi connectivity index (χ3n) is 4.32. The van der Waals surface area contributed by atoms with Gasteiger partial charge in [-0.1, -0.05) is 18.2 Å². The zero-order valence-electron chi connectivity index (χ0n) is 13.6. The maximum absolute atomic E-state index is 13.5. The third-order valence-corrected chi connectivity index (χ3v) is 5.42. The standard InChI is InChI=1S/C18H21F3N2S/c1-13-11-16(24-12-13)17(23-9-4-7-22-8-10-23)14-5-2-3-6-15(14)18(19,20)21/h2-3,5-6,11-12,17,22H,4,7-10H2,1H3. The van der Waals surface area contributed by atoms with Crippen LogP contribution in [0.2, 0.25) is 0 Å². The molecule has 1 aromatic carbocycles. The van der Waals surface area contributed by atoms with Gasteiger partial charge in [-0.05, 0) is 48.5 Å². The molecular formula is C18H21F3N2S. The molecule has 0 spiro atoms. The molecule has 24 heavy (non-hydrogen) atoms. The smallest absolute Gasteiger partial charge is 0.315 e. The van der Waals surface area contributed by atoms with E-state index in [1.807, 2.05) is 18.4 Å². The molecule has 1 unspecified atom stereocenters. The average molecular weight is 354 g/mol. The maximum Gasteiger partial charge on any atom is 0.416 e. The van der Waals surface area contributed by atoms with Gasteiger partial charge in [0.25, 0.3) is 0 Å². The summed E-state index contributed by atoms with van der Waals surface area (Å²) in [6, 6.07) is 7.66. The molecule has 2 aromatic rings. The molecule has 0 amide bonds. The minimum atomic E-state index is -4.34. The minimum Gasteiger partial charge on any atom is -0.315 e. The van der Waals surface area contributed by atoms with Crippen molar-refractivity contribution in [3.63, 3.8) is 0 Å². The van der Waals surface area contributed by atoms with Gasteiger partial charge in [0, 0.05) is 24.5 Å². The van der Waals surface area contributed by atoms with E-state index in [0.29, 0.717) is 5.56 Å². The van der Waals surface area contributed by atoms with Gasteiger partial charge in [0.05, 0.1) is 11.6 Å². The van der Waals surface area contributed by atoms with Gasteiger partial charge in [0.15, 0.2) is 0 Å². The van der Waals surface area contributed by atoms with Crippen LogP contribution < -0.4 is 5.32 Å². The number of nitrogens with zero attached hydrogens (tertiary/aromatic N) is 1. The summed E-state index contributed by atoms with van der Waals surface area (Å²) in [6.07, 6.45) is -3.40. The first-order chi connectivity index (χ1) is 11.5. The molecule has 0 aliphatic carbocycles. The summed E-state index contributed by atoms with van der Waals surface area (Å²) in [6.45, 7) is 5.23. The van der Waals surface area contributed by atoms with Crippen LogP contribution in [0.1, 0.15) is 34.0 Å². The summed E-state index contributed by atoms with van der Waals surface area (Å²) in [5.41, 5.74) is 0.921. The highest BCUT2D eigenvalue weighted by molar-refractivity contribution is 7.10. The van der Waals surface area contributed by atoms with E-state index in [1.165, 1.54) is 12.1 Å². The SMILES string of the molecule is Cc1csc(C(c2ccccc2C(F)(F)F)N2CCCNCC2)c1. The molecule has 0 radical (unpaired) electrons. The fourth-order valence-electron chi connectivity index (χ4n) is 3.25. The van der Waals surface area contributed by atoms with Crippen LogP contribution in [0.5, 0.6) is 0 Å². The second-order valence-corrected chi connectivity index (χ2v) is 7.10. The predicted octanol–water partition coefficient (Wildman–Crippen LogP) is 4.46. The highest BCUT2D eigenvalue weighted by atomic mass is 32.1. The largest absolute Gasteiger partial charge is 0.416 e. The van der Waals surface area contributed by atoms with E-state index < -0.39 is 11.7 Å². The Labute approximate surface area is 144 Å². The lowest BCUT2D eigenvalue weighted by atomic mass is 9.96. The molecule has 1 fully saturated rings. The molecule has 2 nitrogen and oxygen atoms in total. The number of hydrogen-bond acceptors (Lipinski definition) is 3. The van der Waals surface area contributed by atoms with E-state index in [1.54, 1.807) is 23.5 Å². The van der Waals surface area contributed by atoms with Crippen LogP contribution in [0.25, 0.3) is 0 Å². The van der Waals surface area contributed by atoms with Gasteiger partial charge in [0.1, 0.15) is 0 Å². The Morgan fingerprint density at radius 1 is 1.17 bits per heavy atom. The van der Waals surface area contributed by atoms with E-state index in [0.717, 1.165) is 43.0 Å². The van der Waals surface area contributed by atoms with Gasteiger partial charge < -0.3 is 5.32 Å². The Bertz CT molecular complexity index is 673. The topological polar surface area (TPSA) is 15.3 Å². The minimum absolute atomic E-state index is 0.346. The number of nitrogens with one attached hydrogen (secondary N) is 1. The first-order valence-corrected chi connectivity index (χ1v) is 9.00. The Balaban J connectivity index is 2.08. The van der Waals surface area contributed by atoms with Crippen molar-refractivity contribution in [3.8, 4) is 0 Å². The van der Waals surface area contributed by atoms with Crippen LogP contribution in [0.15, 0.2) is 35.7 Å². The number of halogens is 3. The molecule has 0 saturated carbocycles. The van der Waals surface area contributed by atoms with Gasteiger partial charge in [-0.3, -0.25) is 4.90 Å². The summed E-state index contributed by atoms with van der Waals surface area (Å²) in [5, 5.41) is 5.33. The monoisotopic (exact) mass is 354 g/mol. The van der Waals surface area contributed by atoms with Crippen molar-refractivity contribution in [2.45, 2.75) is 25.6 Å². The Kier molecular flexibility index (Phi) is 5.27. The lowest BCUT2D eigenvalue weighted by molar-refractivity contribution is -0.138. The van der Waals surface area contributed by atoms with Crippen LogP contribution in [0.4, 0.5) is 13.2 Å². The number of thiophene rings is 1. The highest BCUT2D eigenvalue weighted by Crippen LogP contribution is 2.40. The van der Waals surface area contributed by atoms with Crippen molar-refractivity contribution in [2.24, 2.45) is 0 Å². The molecule has 1 N–H and O–H groups in total.